The Labute approximate surface area is 202 Å². The lowest BCUT2D eigenvalue weighted by Gasteiger charge is -2.37. The molecule has 1 saturated heterocycles. The van der Waals surface area contributed by atoms with Crippen LogP contribution in [0, 0.1) is 12.3 Å². The number of benzene rings is 1. The number of hydrogen-bond acceptors (Lipinski definition) is 4. The van der Waals surface area contributed by atoms with Gasteiger partial charge in [-0.25, -0.2) is 4.52 Å². The van der Waals surface area contributed by atoms with Crippen molar-refractivity contribution in [1.82, 2.24) is 24.3 Å². The van der Waals surface area contributed by atoms with Gasteiger partial charge in [-0.1, -0.05) is 39.0 Å². The maximum atomic E-state index is 12.8. The molecule has 1 fully saturated rings. The molecule has 3 heterocycles. The normalized spacial score (nSPS) is 15.2. The first-order chi connectivity index (χ1) is 16.0. The van der Waals surface area contributed by atoms with Crippen LogP contribution in [0.5, 0.6) is 0 Å². The second-order valence-corrected chi connectivity index (χ2v) is 10.7. The van der Waals surface area contributed by atoms with E-state index in [1.54, 1.807) is 35.9 Å². The molecule has 1 aromatic carbocycles. The van der Waals surface area contributed by atoms with Gasteiger partial charge in [0.2, 0.25) is 5.91 Å². The molecule has 0 atom stereocenters. The fraction of sp³-hybridized carbons (Fsp3) is 0.444. The zero-order chi connectivity index (χ0) is 24.6. The van der Waals surface area contributed by atoms with E-state index >= 15 is 0 Å². The number of aryl methyl sites for hydroxylation is 1. The van der Waals surface area contributed by atoms with Crippen LogP contribution in [0.15, 0.2) is 42.7 Å². The molecule has 34 heavy (non-hydrogen) atoms. The molecule has 0 bridgehead atoms. The third-order valence-corrected chi connectivity index (χ3v) is 6.27. The predicted octanol–water partition coefficient (Wildman–Crippen LogP) is 3.70. The zero-order valence-electron chi connectivity index (χ0n) is 21.1. The maximum Gasteiger partial charge on any atom is 0.254 e. The molecule has 0 saturated carbocycles. The van der Waals surface area contributed by atoms with Crippen LogP contribution >= 0.6 is 0 Å². The second kappa shape index (κ2) is 9.22. The molecule has 1 aliphatic rings. The standard InChI is InChI=1S/C27H35N5O2/c1-19-13-20(23-9-10-28-32-16-22(14-24(23)32)26(34)29(5)6)7-8-21(19)15-31-12-11-30(17-25(31)33)18-27(2,3)4/h7-10,13-14,16H,11-12,15,17-18H2,1-6H3. The molecule has 4 rings (SSSR count). The topological polar surface area (TPSA) is 61.2 Å². The van der Waals surface area contributed by atoms with Gasteiger partial charge in [0.05, 0.1) is 17.6 Å². The Morgan fingerprint density at radius 1 is 1.12 bits per heavy atom. The lowest BCUT2D eigenvalue weighted by atomic mass is 9.95. The molecule has 2 amide bonds. The summed E-state index contributed by atoms with van der Waals surface area (Å²) >= 11 is 0. The van der Waals surface area contributed by atoms with Gasteiger partial charge in [0.15, 0.2) is 0 Å². The lowest BCUT2D eigenvalue weighted by molar-refractivity contribution is -0.137. The Balaban J connectivity index is 1.53. The van der Waals surface area contributed by atoms with Crippen molar-refractivity contribution in [2.45, 2.75) is 34.2 Å². The van der Waals surface area contributed by atoms with Gasteiger partial charge in [0, 0.05) is 58.2 Å². The van der Waals surface area contributed by atoms with E-state index in [0.717, 1.165) is 47.4 Å². The van der Waals surface area contributed by atoms with E-state index in [4.69, 9.17) is 0 Å². The average molecular weight is 462 g/mol. The summed E-state index contributed by atoms with van der Waals surface area (Å²) in [7, 11) is 3.49. The van der Waals surface area contributed by atoms with E-state index in [-0.39, 0.29) is 17.2 Å². The van der Waals surface area contributed by atoms with Crippen LogP contribution in [0.25, 0.3) is 16.6 Å². The van der Waals surface area contributed by atoms with E-state index in [1.807, 2.05) is 17.0 Å². The maximum absolute atomic E-state index is 12.8. The van der Waals surface area contributed by atoms with E-state index in [9.17, 15) is 9.59 Å². The van der Waals surface area contributed by atoms with Crippen LogP contribution in [-0.4, -0.2) is 76.4 Å². The third-order valence-electron chi connectivity index (χ3n) is 6.27. The van der Waals surface area contributed by atoms with E-state index in [1.165, 1.54) is 0 Å². The van der Waals surface area contributed by atoms with Crippen molar-refractivity contribution in [2.24, 2.45) is 5.41 Å². The quantitative estimate of drug-likeness (QED) is 0.581. The van der Waals surface area contributed by atoms with Crippen molar-refractivity contribution in [1.29, 1.82) is 0 Å². The number of hydrogen-bond donors (Lipinski definition) is 0. The van der Waals surface area contributed by atoms with Crippen LogP contribution < -0.4 is 0 Å². The molecule has 0 radical (unpaired) electrons. The first-order valence-electron chi connectivity index (χ1n) is 11.8. The van der Waals surface area contributed by atoms with Crippen molar-refractivity contribution in [3.8, 4) is 11.1 Å². The SMILES string of the molecule is Cc1cc(-c2ccnn3cc(C(=O)N(C)C)cc23)ccc1CN1CCN(CC(C)(C)C)CC1=O. The zero-order valence-corrected chi connectivity index (χ0v) is 21.1. The fourth-order valence-electron chi connectivity index (χ4n) is 4.61. The molecule has 0 unspecified atom stereocenters. The number of piperazine rings is 1. The highest BCUT2D eigenvalue weighted by molar-refractivity contribution is 5.97. The van der Waals surface area contributed by atoms with Crippen LogP contribution in [0.3, 0.4) is 0 Å². The lowest BCUT2D eigenvalue weighted by Crippen LogP contribution is -2.51. The largest absolute Gasteiger partial charge is 0.345 e. The molecule has 3 aromatic rings. The first kappa shape index (κ1) is 24.0. The number of amides is 2. The summed E-state index contributed by atoms with van der Waals surface area (Å²) in [5.41, 5.74) is 6.09. The fourth-order valence-corrected chi connectivity index (χ4v) is 4.61. The second-order valence-electron chi connectivity index (χ2n) is 10.7. The first-order valence-corrected chi connectivity index (χ1v) is 11.8. The third kappa shape index (κ3) is 5.14. The highest BCUT2D eigenvalue weighted by atomic mass is 16.2. The summed E-state index contributed by atoms with van der Waals surface area (Å²) in [6, 6.07) is 10.2. The Bertz CT molecular complexity index is 1220. The molecule has 1 aliphatic heterocycles. The molecule has 7 heteroatoms. The van der Waals surface area contributed by atoms with Crippen LogP contribution in [-0.2, 0) is 11.3 Å². The molecule has 0 N–H and O–H groups in total. The van der Waals surface area contributed by atoms with Crippen molar-refractivity contribution >= 4 is 17.3 Å². The van der Waals surface area contributed by atoms with E-state index in [0.29, 0.717) is 18.7 Å². The minimum Gasteiger partial charge on any atom is -0.345 e. The highest BCUT2D eigenvalue weighted by Gasteiger charge is 2.27. The molecule has 180 valence electrons. The summed E-state index contributed by atoms with van der Waals surface area (Å²) in [5, 5.41) is 4.38. The summed E-state index contributed by atoms with van der Waals surface area (Å²) in [6.07, 6.45) is 3.53. The van der Waals surface area contributed by atoms with Crippen LogP contribution in [0.2, 0.25) is 0 Å². The van der Waals surface area contributed by atoms with E-state index < -0.39 is 0 Å². The van der Waals surface area contributed by atoms with Gasteiger partial charge < -0.3 is 9.80 Å². The van der Waals surface area contributed by atoms with Gasteiger partial charge in [-0.15, -0.1) is 0 Å². The number of carbonyl (C=O) groups excluding carboxylic acids is 2. The minimum atomic E-state index is -0.0461. The Morgan fingerprint density at radius 3 is 2.53 bits per heavy atom. The van der Waals surface area contributed by atoms with Crippen molar-refractivity contribution in [3.63, 3.8) is 0 Å². The Morgan fingerprint density at radius 2 is 1.88 bits per heavy atom. The van der Waals surface area contributed by atoms with Gasteiger partial charge in [0.25, 0.3) is 5.91 Å². The summed E-state index contributed by atoms with van der Waals surface area (Å²) in [5.74, 6) is 0.149. The van der Waals surface area contributed by atoms with Crippen molar-refractivity contribution < 1.29 is 9.59 Å². The number of aromatic nitrogens is 2. The van der Waals surface area contributed by atoms with Gasteiger partial charge in [-0.3, -0.25) is 14.5 Å². The summed E-state index contributed by atoms with van der Waals surface area (Å²) in [6.45, 7) is 12.4. The van der Waals surface area contributed by atoms with E-state index in [2.05, 4.69) is 55.9 Å². The number of nitrogens with zero attached hydrogens (tertiary/aromatic N) is 5. The van der Waals surface area contributed by atoms with Crippen molar-refractivity contribution in [3.05, 3.63) is 59.4 Å². The molecule has 7 nitrogen and oxygen atoms in total. The number of fused-ring (bicyclic) bond motifs is 1. The Kier molecular flexibility index (Phi) is 6.49. The van der Waals surface area contributed by atoms with Crippen LogP contribution in [0.4, 0.5) is 0 Å². The van der Waals surface area contributed by atoms with Gasteiger partial charge in [0.1, 0.15) is 0 Å². The Hall–Kier alpha value is -3.19. The molecular weight excluding hydrogens is 426 g/mol. The molecule has 0 aliphatic carbocycles. The van der Waals surface area contributed by atoms with Crippen LogP contribution in [0.1, 0.15) is 42.3 Å². The average Bonchev–Trinajstić information content (AvgIpc) is 3.19. The van der Waals surface area contributed by atoms with Gasteiger partial charge in [-0.05, 0) is 41.2 Å². The number of rotatable bonds is 5. The minimum absolute atomic E-state index is 0.0461. The monoisotopic (exact) mass is 461 g/mol. The van der Waals surface area contributed by atoms with Gasteiger partial charge in [-0.2, -0.15) is 5.10 Å². The molecular formula is C27H35N5O2. The summed E-state index contributed by atoms with van der Waals surface area (Å²) in [4.78, 5) is 31.0. The smallest absolute Gasteiger partial charge is 0.254 e. The molecule has 2 aromatic heterocycles. The predicted molar refractivity (Wildman–Crippen MR) is 135 cm³/mol. The summed E-state index contributed by atoms with van der Waals surface area (Å²) < 4.78 is 1.76. The van der Waals surface area contributed by atoms with Crippen molar-refractivity contribution in [2.75, 3.05) is 40.3 Å². The molecule has 0 spiro atoms. The highest BCUT2D eigenvalue weighted by Crippen LogP contribution is 2.28. The van der Waals surface area contributed by atoms with Gasteiger partial charge >= 0.3 is 0 Å². The number of carbonyl (C=O) groups is 2.